The van der Waals surface area contributed by atoms with Crippen LogP contribution in [0.4, 0.5) is 0 Å². The van der Waals surface area contributed by atoms with Crippen molar-refractivity contribution >= 4 is 46.7 Å². The molecule has 0 aliphatic heterocycles. The van der Waals surface area contributed by atoms with Crippen molar-refractivity contribution in [1.82, 2.24) is 15.1 Å². The Kier molecular flexibility index (Phi) is 5.67. The molecule has 2 aromatic rings. The highest BCUT2D eigenvalue weighted by molar-refractivity contribution is 8.01. The first-order valence-corrected chi connectivity index (χ1v) is 8.10. The van der Waals surface area contributed by atoms with Gasteiger partial charge in [0, 0.05) is 19.1 Å². The van der Waals surface area contributed by atoms with Crippen molar-refractivity contribution < 1.29 is 14.0 Å². The summed E-state index contributed by atoms with van der Waals surface area (Å²) in [6.07, 6.45) is 0. The standard InChI is InChI=1S/C14H13Cl2N3O3S/c1-7(20)11(13(21)19(2)3)23-14-18-17-12(22-14)9-5-4-8(15)6-10(9)16/h4-6,11H,1-3H3. The van der Waals surface area contributed by atoms with Crippen molar-refractivity contribution in [1.29, 1.82) is 0 Å². The average molecular weight is 374 g/mol. The molecule has 1 heterocycles. The topological polar surface area (TPSA) is 76.3 Å². The number of rotatable bonds is 5. The molecule has 0 radical (unpaired) electrons. The second-order valence-corrected chi connectivity index (χ2v) is 6.74. The smallest absolute Gasteiger partial charge is 0.278 e. The zero-order chi connectivity index (χ0) is 17.1. The molecule has 0 bridgehead atoms. The van der Waals surface area contributed by atoms with Crippen molar-refractivity contribution in [3.8, 4) is 11.5 Å². The molecular weight excluding hydrogens is 361 g/mol. The Hall–Kier alpha value is -1.57. The SMILES string of the molecule is CC(=O)C(Sc1nnc(-c2ccc(Cl)cc2Cl)o1)C(=O)N(C)C. The minimum Gasteiger partial charge on any atom is -0.411 e. The second-order valence-electron chi connectivity index (χ2n) is 4.84. The molecule has 0 saturated carbocycles. The van der Waals surface area contributed by atoms with Crippen LogP contribution in [-0.4, -0.2) is 46.1 Å². The molecule has 0 aliphatic carbocycles. The van der Waals surface area contributed by atoms with E-state index in [1.165, 1.54) is 11.8 Å². The van der Waals surface area contributed by atoms with E-state index in [9.17, 15) is 9.59 Å². The van der Waals surface area contributed by atoms with Crippen molar-refractivity contribution in [2.75, 3.05) is 14.1 Å². The van der Waals surface area contributed by atoms with Crippen LogP contribution in [0, 0.1) is 0 Å². The second kappa shape index (κ2) is 7.33. The molecule has 0 fully saturated rings. The van der Waals surface area contributed by atoms with Crippen molar-refractivity contribution in [2.24, 2.45) is 0 Å². The highest BCUT2D eigenvalue weighted by atomic mass is 35.5. The number of nitrogens with zero attached hydrogens (tertiary/aromatic N) is 3. The number of aromatic nitrogens is 2. The molecule has 0 spiro atoms. The van der Waals surface area contributed by atoms with Gasteiger partial charge in [0.1, 0.15) is 0 Å². The van der Waals surface area contributed by atoms with E-state index in [4.69, 9.17) is 27.6 Å². The summed E-state index contributed by atoms with van der Waals surface area (Å²) in [5.74, 6) is -0.446. The van der Waals surface area contributed by atoms with Crippen LogP contribution in [0.2, 0.25) is 10.0 Å². The number of halogens is 2. The molecule has 0 N–H and O–H groups in total. The van der Waals surface area contributed by atoms with Crippen molar-refractivity contribution in [3.63, 3.8) is 0 Å². The van der Waals surface area contributed by atoms with Crippen molar-refractivity contribution in [2.45, 2.75) is 17.4 Å². The lowest BCUT2D eigenvalue weighted by atomic mass is 10.2. The van der Waals surface area contributed by atoms with Crippen LogP contribution in [0.1, 0.15) is 6.92 Å². The fourth-order valence-electron chi connectivity index (χ4n) is 1.67. The van der Waals surface area contributed by atoms with Gasteiger partial charge in [-0.15, -0.1) is 10.2 Å². The third-order valence-corrected chi connectivity index (χ3v) is 4.50. The van der Waals surface area contributed by atoms with Crippen LogP contribution in [0.15, 0.2) is 27.8 Å². The fraction of sp³-hybridized carbons (Fsp3) is 0.286. The number of carbonyl (C=O) groups excluding carboxylic acids is 2. The Morgan fingerprint density at radius 1 is 1.26 bits per heavy atom. The molecule has 9 heteroatoms. The zero-order valence-corrected chi connectivity index (χ0v) is 14.9. The normalized spacial score (nSPS) is 12.0. The van der Waals surface area contributed by atoms with E-state index in [0.717, 1.165) is 11.8 Å². The lowest BCUT2D eigenvalue weighted by molar-refractivity contribution is -0.132. The Bertz CT molecular complexity index is 749. The van der Waals surface area contributed by atoms with E-state index in [1.807, 2.05) is 0 Å². The van der Waals surface area contributed by atoms with E-state index in [0.29, 0.717) is 15.6 Å². The summed E-state index contributed by atoms with van der Waals surface area (Å²) in [7, 11) is 3.15. The number of hydrogen-bond donors (Lipinski definition) is 0. The first kappa shape index (κ1) is 17.8. The van der Waals surface area contributed by atoms with Crippen LogP contribution in [0.3, 0.4) is 0 Å². The molecule has 2 rings (SSSR count). The van der Waals surface area contributed by atoms with Gasteiger partial charge in [-0.05, 0) is 36.9 Å². The van der Waals surface area contributed by atoms with Gasteiger partial charge < -0.3 is 9.32 Å². The number of amides is 1. The molecule has 0 aliphatic rings. The largest absolute Gasteiger partial charge is 0.411 e. The Morgan fingerprint density at radius 2 is 1.96 bits per heavy atom. The molecule has 1 atom stereocenters. The number of Topliss-reactive ketones (excluding diaryl/α,β-unsaturated/α-hetero) is 1. The fourth-order valence-corrected chi connectivity index (χ4v) is 3.06. The van der Waals surface area contributed by atoms with Crippen LogP contribution >= 0.6 is 35.0 Å². The van der Waals surface area contributed by atoms with E-state index in [2.05, 4.69) is 10.2 Å². The van der Waals surface area contributed by atoms with Crippen LogP contribution < -0.4 is 0 Å². The summed E-state index contributed by atoms with van der Waals surface area (Å²) in [4.78, 5) is 25.0. The van der Waals surface area contributed by atoms with Gasteiger partial charge in [-0.25, -0.2) is 0 Å². The summed E-state index contributed by atoms with van der Waals surface area (Å²) in [5.41, 5.74) is 0.522. The molecule has 1 amide bonds. The summed E-state index contributed by atoms with van der Waals surface area (Å²) < 4.78 is 5.49. The Labute approximate surface area is 147 Å². The predicted molar refractivity (Wildman–Crippen MR) is 88.8 cm³/mol. The predicted octanol–water partition coefficient (Wildman–Crippen LogP) is 3.18. The third-order valence-electron chi connectivity index (χ3n) is 2.82. The monoisotopic (exact) mass is 373 g/mol. The number of thioether (sulfide) groups is 1. The molecule has 1 aromatic carbocycles. The highest BCUT2D eigenvalue weighted by Crippen LogP contribution is 2.32. The molecule has 1 unspecified atom stereocenters. The lowest BCUT2D eigenvalue weighted by Gasteiger charge is -2.15. The average Bonchev–Trinajstić information content (AvgIpc) is 2.92. The van der Waals surface area contributed by atoms with E-state index in [-0.39, 0.29) is 22.8 Å². The van der Waals surface area contributed by atoms with Gasteiger partial charge in [-0.1, -0.05) is 23.2 Å². The number of ketones is 1. The van der Waals surface area contributed by atoms with Crippen LogP contribution in [0.25, 0.3) is 11.5 Å². The third kappa shape index (κ3) is 4.25. The maximum atomic E-state index is 12.0. The van der Waals surface area contributed by atoms with Gasteiger partial charge in [0.05, 0.1) is 10.6 Å². The number of carbonyl (C=O) groups is 2. The van der Waals surface area contributed by atoms with Gasteiger partial charge in [0.15, 0.2) is 11.0 Å². The lowest BCUT2D eigenvalue weighted by Crippen LogP contribution is -2.35. The van der Waals surface area contributed by atoms with Gasteiger partial charge in [0.25, 0.3) is 5.22 Å². The van der Waals surface area contributed by atoms with Gasteiger partial charge in [0.2, 0.25) is 11.8 Å². The molecule has 0 saturated heterocycles. The van der Waals surface area contributed by atoms with E-state index < -0.39 is 5.25 Å². The number of benzene rings is 1. The maximum Gasteiger partial charge on any atom is 0.278 e. The molecule has 6 nitrogen and oxygen atoms in total. The minimum atomic E-state index is -0.931. The van der Waals surface area contributed by atoms with Gasteiger partial charge in [-0.2, -0.15) is 0 Å². The van der Waals surface area contributed by atoms with Crippen LogP contribution in [-0.2, 0) is 9.59 Å². The van der Waals surface area contributed by atoms with Gasteiger partial charge in [-0.3, -0.25) is 9.59 Å². The van der Waals surface area contributed by atoms with E-state index >= 15 is 0 Å². The van der Waals surface area contributed by atoms with E-state index in [1.54, 1.807) is 32.3 Å². The quantitative estimate of drug-likeness (QED) is 0.591. The summed E-state index contributed by atoms with van der Waals surface area (Å²) in [5, 5.41) is 7.78. The number of hydrogen-bond acceptors (Lipinski definition) is 6. The minimum absolute atomic E-state index is 0.112. The first-order valence-electron chi connectivity index (χ1n) is 6.46. The summed E-state index contributed by atoms with van der Waals surface area (Å²) in [6.45, 7) is 1.34. The first-order chi connectivity index (χ1) is 10.8. The van der Waals surface area contributed by atoms with Crippen molar-refractivity contribution in [3.05, 3.63) is 28.2 Å². The zero-order valence-electron chi connectivity index (χ0n) is 12.5. The summed E-state index contributed by atoms with van der Waals surface area (Å²) in [6, 6.07) is 4.86. The Balaban J connectivity index is 2.24. The highest BCUT2D eigenvalue weighted by Gasteiger charge is 2.28. The molecule has 23 heavy (non-hydrogen) atoms. The Morgan fingerprint density at radius 3 is 2.52 bits per heavy atom. The molecule has 1 aromatic heterocycles. The van der Waals surface area contributed by atoms with Gasteiger partial charge >= 0.3 is 0 Å². The van der Waals surface area contributed by atoms with Crippen LogP contribution in [0.5, 0.6) is 0 Å². The molecule has 122 valence electrons. The molecular formula is C14H13Cl2N3O3S. The maximum absolute atomic E-state index is 12.0. The summed E-state index contributed by atoms with van der Waals surface area (Å²) >= 11 is 12.8.